The third kappa shape index (κ3) is 2.03. The molecule has 0 radical (unpaired) electrons. The van der Waals surface area contributed by atoms with Crippen LogP contribution in [0.25, 0.3) is 0 Å². The van der Waals surface area contributed by atoms with Gasteiger partial charge in [0.1, 0.15) is 0 Å². The molecule has 7 heteroatoms. The number of hydrogen-bond donors (Lipinski definition) is 0. The number of morpholine rings is 1. The van der Waals surface area contributed by atoms with E-state index in [0.29, 0.717) is 6.04 Å². The highest BCUT2D eigenvalue weighted by Crippen LogP contribution is 2.29. The number of anilines is 2. The Morgan fingerprint density at radius 2 is 2.05 bits per heavy atom. The van der Waals surface area contributed by atoms with Crippen LogP contribution in [0.15, 0.2) is 30.0 Å². The van der Waals surface area contributed by atoms with Crippen molar-refractivity contribution in [3.8, 4) is 0 Å². The van der Waals surface area contributed by atoms with E-state index in [4.69, 9.17) is 4.74 Å². The van der Waals surface area contributed by atoms with Gasteiger partial charge in [-0.05, 0) is 6.07 Å². The van der Waals surface area contributed by atoms with Gasteiger partial charge in [-0.25, -0.2) is 15.0 Å². The highest BCUT2D eigenvalue weighted by molar-refractivity contribution is 7.13. The van der Waals surface area contributed by atoms with Crippen molar-refractivity contribution in [2.24, 2.45) is 0 Å². The zero-order valence-electron chi connectivity index (χ0n) is 10.9. The highest BCUT2D eigenvalue weighted by atomic mass is 32.1. The van der Waals surface area contributed by atoms with E-state index in [1.165, 1.54) is 0 Å². The van der Waals surface area contributed by atoms with Gasteiger partial charge in [-0.3, -0.25) is 0 Å². The fourth-order valence-electron chi connectivity index (χ4n) is 2.90. The van der Waals surface area contributed by atoms with E-state index < -0.39 is 0 Å². The van der Waals surface area contributed by atoms with Crippen LogP contribution in [0.4, 0.5) is 11.1 Å². The van der Waals surface area contributed by atoms with E-state index in [2.05, 4.69) is 24.8 Å². The molecule has 0 aromatic carbocycles. The second-order valence-electron chi connectivity index (χ2n) is 4.94. The van der Waals surface area contributed by atoms with Gasteiger partial charge in [0.2, 0.25) is 5.95 Å². The fourth-order valence-corrected chi connectivity index (χ4v) is 3.57. The number of hydrogen-bond acceptors (Lipinski definition) is 7. The molecule has 20 heavy (non-hydrogen) atoms. The number of rotatable bonds is 2. The van der Waals surface area contributed by atoms with Crippen molar-refractivity contribution in [3.05, 3.63) is 30.0 Å². The Morgan fingerprint density at radius 1 is 1.15 bits per heavy atom. The summed E-state index contributed by atoms with van der Waals surface area (Å²) < 4.78 is 5.92. The quantitative estimate of drug-likeness (QED) is 0.823. The molecule has 2 aromatic rings. The summed E-state index contributed by atoms with van der Waals surface area (Å²) >= 11 is 1.67. The first-order valence-electron chi connectivity index (χ1n) is 6.71. The molecule has 104 valence electrons. The zero-order valence-corrected chi connectivity index (χ0v) is 11.7. The minimum atomic E-state index is 0.205. The summed E-state index contributed by atoms with van der Waals surface area (Å²) in [6.45, 7) is 3.37. The second-order valence-corrected chi connectivity index (χ2v) is 5.81. The van der Waals surface area contributed by atoms with Crippen molar-refractivity contribution in [1.82, 2.24) is 15.0 Å². The molecule has 0 bridgehead atoms. The van der Waals surface area contributed by atoms with Crippen LogP contribution < -0.4 is 9.80 Å². The minimum Gasteiger partial charge on any atom is -0.372 e. The summed E-state index contributed by atoms with van der Waals surface area (Å²) in [4.78, 5) is 17.7. The van der Waals surface area contributed by atoms with E-state index in [1.807, 2.05) is 17.6 Å². The molecule has 4 heterocycles. The Bertz CT molecular complexity index is 563. The molecule has 0 N–H and O–H groups in total. The molecule has 0 aliphatic carbocycles. The van der Waals surface area contributed by atoms with Gasteiger partial charge in [0, 0.05) is 43.6 Å². The first-order chi connectivity index (χ1) is 9.92. The van der Waals surface area contributed by atoms with Crippen molar-refractivity contribution in [3.63, 3.8) is 0 Å². The summed E-state index contributed by atoms with van der Waals surface area (Å²) in [5.74, 6) is 0.798. The minimum absolute atomic E-state index is 0.205. The Labute approximate surface area is 121 Å². The van der Waals surface area contributed by atoms with Crippen molar-refractivity contribution in [1.29, 1.82) is 0 Å². The molecule has 2 aromatic heterocycles. The van der Waals surface area contributed by atoms with Gasteiger partial charge in [0.15, 0.2) is 5.13 Å². The van der Waals surface area contributed by atoms with Crippen LogP contribution in [-0.2, 0) is 4.74 Å². The van der Waals surface area contributed by atoms with Crippen LogP contribution in [0.2, 0.25) is 0 Å². The lowest BCUT2D eigenvalue weighted by molar-refractivity contribution is 0.0349. The van der Waals surface area contributed by atoms with Gasteiger partial charge >= 0.3 is 0 Å². The van der Waals surface area contributed by atoms with Gasteiger partial charge < -0.3 is 14.5 Å². The molecule has 2 aliphatic heterocycles. The summed E-state index contributed by atoms with van der Waals surface area (Å²) in [5.41, 5.74) is 0. The monoisotopic (exact) mass is 289 g/mol. The maximum Gasteiger partial charge on any atom is 0.225 e. The lowest BCUT2D eigenvalue weighted by Gasteiger charge is -2.36. The van der Waals surface area contributed by atoms with E-state index in [9.17, 15) is 0 Å². The second kappa shape index (κ2) is 4.99. The van der Waals surface area contributed by atoms with Gasteiger partial charge in [0.25, 0.3) is 0 Å². The molecular formula is C13H15N5OS. The fraction of sp³-hybridized carbons (Fsp3) is 0.462. The molecule has 2 atom stereocenters. The van der Waals surface area contributed by atoms with Crippen molar-refractivity contribution in [2.75, 3.05) is 36.0 Å². The molecule has 0 spiro atoms. The van der Waals surface area contributed by atoms with E-state index >= 15 is 0 Å². The Kier molecular flexibility index (Phi) is 3.00. The molecule has 6 nitrogen and oxygen atoms in total. The molecule has 2 saturated heterocycles. The molecule has 0 saturated carbocycles. The van der Waals surface area contributed by atoms with Gasteiger partial charge in [0.05, 0.1) is 18.8 Å². The van der Waals surface area contributed by atoms with Crippen molar-refractivity contribution < 1.29 is 4.74 Å². The molecular weight excluding hydrogens is 274 g/mol. The lowest BCUT2D eigenvalue weighted by Crippen LogP contribution is -2.51. The van der Waals surface area contributed by atoms with E-state index in [-0.39, 0.29) is 6.10 Å². The first-order valence-corrected chi connectivity index (χ1v) is 7.59. The third-order valence-corrected chi connectivity index (χ3v) is 4.63. The maximum atomic E-state index is 5.92. The number of nitrogens with zero attached hydrogens (tertiary/aromatic N) is 5. The Balaban J connectivity index is 1.58. The highest BCUT2D eigenvalue weighted by Gasteiger charge is 2.41. The SMILES string of the molecule is c1cnc(N2CCO[C@H]3CN(c4nccs4)C[C@H]32)nc1. The molecule has 2 fully saturated rings. The summed E-state index contributed by atoms with van der Waals surface area (Å²) in [5, 5.41) is 3.08. The molecule has 2 aliphatic rings. The van der Waals surface area contributed by atoms with Crippen LogP contribution in [0.1, 0.15) is 0 Å². The van der Waals surface area contributed by atoms with Gasteiger partial charge in [-0.2, -0.15) is 0 Å². The van der Waals surface area contributed by atoms with Crippen LogP contribution in [0.5, 0.6) is 0 Å². The first kappa shape index (κ1) is 12.0. The number of fused-ring (bicyclic) bond motifs is 1. The molecule has 0 amide bonds. The number of thiazole rings is 1. The van der Waals surface area contributed by atoms with Crippen molar-refractivity contribution in [2.45, 2.75) is 12.1 Å². The molecule has 4 rings (SSSR count). The van der Waals surface area contributed by atoms with Crippen LogP contribution in [0, 0.1) is 0 Å². The topological polar surface area (TPSA) is 54.4 Å². The van der Waals surface area contributed by atoms with Crippen LogP contribution in [-0.4, -0.2) is 53.3 Å². The van der Waals surface area contributed by atoms with E-state index in [0.717, 1.165) is 37.3 Å². The third-order valence-electron chi connectivity index (χ3n) is 3.80. The standard InChI is InChI=1S/C13H15N5OS/c1-2-14-12(15-3-1)18-5-6-19-11-9-17(8-10(11)18)13-16-4-7-20-13/h1-4,7,10-11H,5-6,8-9H2/t10-,11+/m1/s1. The predicted octanol–water partition coefficient (Wildman–Crippen LogP) is 1.03. The number of ether oxygens (including phenoxy) is 1. The predicted molar refractivity (Wildman–Crippen MR) is 77.2 cm³/mol. The summed E-state index contributed by atoms with van der Waals surface area (Å²) in [6, 6.07) is 2.15. The lowest BCUT2D eigenvalue weighted by atomic mass is 10.1. The average molecular weight is 289 g/mol. The Morgan fingerprint density at radius 3 is 2.85 bits per heavy atom. The maximum absolute atomic E-state index is 5.92. The van der Waals surface area contributed by atoms with Crippen molar-refractivity contribution >= 4 is 22.4 Å². The van der Waals surface area contributed by atoms with Gasteiger partial charge in [-0.15, -0.1) is 11.3 Å². The van der Waals surface area contributed by atoms with Crippen LogP contribution >= 0.6 is 11.3 Å². The smallest absolute Gasteiger partial charge is 0.225 e. The summed E-state index contributed by atoms with van der Waals surface area (Å²) in [7, 11) is 0. The van der Waals surface area contributed by atoms with E-state index in [1.54, 1.807) is 23.7 Å². The molecule has 0 unspecified atom stereocenters. The largest absolute Gasteiger partial charge is 0.372 e. The average Bonchev–Trinajstić information content (AvgIpc) is 3.16. The number of aromatic nitrogens is 3. The van der Waals surface area contributed by atoms with Gasteiger partial charge in [-0.1, -0.05) is 0 Å². The normalized spacial score (nSPS) is 25.8. The Hall–Kier alpha value is -1.73. The van der Waals surface area contributed by atoms with Crippen LogP contribution in [0.3, 0.4) is 0 Å². The summed E-state index contributed by atoms with van der Waals surface area (Å²) in [6.07, 6.45) is 5.64. The zero-order chi connectivity index (χ0) is 13.4.